The number of halogens is 1. The smallest absolute Gasteiger partial charge is 0.220 e. The number of fused-ring (bicyclic) bond motifs is 1. The van der Waals surface area contributed by atoms with Gasteiger partial charge in [-0.05, 0) is 37.6 Å². The first-order chi connectivity index (χ1) is 13.1. The summed E-state index contributed by atoms with van der Waals surface area (Å²) in [5.74, 6) is -0.167. The van der Waals surface area contributed by atoms with Crippen LogP contribution in [-0.4, -0.2) is 27.8 Å². The normalized spacial score (nSPS) is 10.9. The van der Waals surface area contributed by atoms with Crippen LogP contribution < -0.4 is 5.32 Å². The Kier molecular flexibility index (Phi) is 5.96. The molecule has 1 aromatic heterocycles. The Morgan fingerprint density at radius 2 is 1.81 bits per heavy atom. The number of hydrogen-bond donors (Lipinski definition) is 1. The van der Waals surface area contributed by atoms with Crippen LogP contribution in [0, 0.1) is 12.7 Å². The maximum Gasteiger partial charge on any atom is 0.220 e. The molecular formula is C21H22FN3O2. The van der Waals surface area contributed by atoms with Gasteiger partial charge < -0.3 is 9.88 Å². The van der Waals surface area contributed by atoms with Crippen LogP contribution in [0.5, 0.6) is 0 Å². The number of carbonyl (C=O) groups is 2. The van der Waals surface area contributed by atoms with Crippen molar-refractivity contribution in [2.24, 2.45) is 0 Å². The molecular weight excluding hydrogens is 345 g/mol. The zero-order valence-electron chi connectivity index (χ0n) is 15.2. The molecule has 5 nitrogen and oxygen atoms in total. The van der Waals surface area contributed by atoms with E-state index in [0.29, 0.717) is 6.54 Å². The largest absolute Gasteiger partial charge is 0.356 e. The lowest BCUT2D eigenvalue weighted by Crippen LogP contribution is -2.25. The summed E-state index contributed by atoms with van der Waals surface area (Å²) in [4.78, 5) is 28.4. The van der Waals surface area contributed by atoms with Gasteiger partial charge in [-0.15, -0.1) is 0 Å². The average molecular weight is 367 g/mol. The number of aromatic nitrogens is 2. The number of amides is 1. The Bertz CT molecular complexity index is 965. The zero-order chi connectivity index (χ0) is 19.2. The highest BCUT2D eigenvalue weighted by Crippen LogP contribution is 2.15. The van der Waals surface area contributed by atoms with Crippen LogP contribution in [0.3, 0.4) is 0 Å². The van der Waals surface area contributed by atoms with E-state index in [1.807, 2.05) is 31.2 Å². The van der Waals surface area contributed by atoms with E-state index >= 15 is 0 Å². The molecule has 0 saturated heterocycles. The number of imidazole rings is 1. The number of Topliss-reactive ketones (excluding diaryl/α,β-unsaturated/α-hetero) is 1. The number of carbonyl (C=O) groups excluding carboxylic acids is 2. The topological polar surface area (TPSA) is 64.0 Å². The number of para-hydroxylation sites is 2. The van der Waals surface area contributed by atoms with Crippen molar-refractivity contribution < 1.29 is 14.0 Å². The summed E-state index contributed by atoms with van der Waals surface area (Å²) in [6.07, 6.45) is 0.812. The zero-order valence-corrected chi connectivity index (χ0v) is 15.2. The fourth-order valence-corrected chi connectivity index (χ4v) is 3.08. The lowest BCUT2D eigenvalue weighted by atomic mass is 10.1. The van der Waals surface area contributed by atoms with Crippen LogP contribution >= 0.6 is 0 Å². The first kappa shape index (κ1) is 18.8. The van der Waals surface area contributed by atoms with E-state index in [-0.39, 0.29) is 30.1 Å². The fraction of sp³-hybridized carbons (Fsp3) is 0.286. The molecule has 0 bridgehead atoms. The fourth-order valence-electron chi connectivity index (χ4n) is 3.08. The summed E-state index contributed by atoms with van der Waals surface area (Å²) in [7, 11) is 0. The van der Waals surface area contributed by atoms with Crippen molar-refractivity contribution >= 4 is 22.7 Å². The van der Waals surface area contributed by atoms with Crippen molar-refractivity contribution in [2.45, 2.75) is 32.7 Å². The molecule has 1 amide bonds. The van der Waals surface area contributed by atoms with E-state index in [2.05, 4.69) is 14.9 Å². The van der Waals surface area contributed by atoms with Gasteiger partial charge >= 0.3 is 0 Å². The van der Waals surface area contributed by atoms with Gasteiger partial charge in [-0.2, -0.15) is 0 Å². The predicted molar refractivity (Wildman–Crippen MR) is 102 cm³/mol. The molecule has 6 heteroatoms. The molecule has 0 aliphatic heterocycles. The molecule has 3 rings (SSSR count). The molecule has 0 saturated carbocycles. The van der Waals surface area contributed by atoms with Crippen LogP contribution in [0.1, 0.15) is 35.4 Å². The molecule has 3 aromatic rings. The molecule has 0 aliphatic carbocycles. The molecule has 1 N–H and O–H groups in total. The minimum absolute atomic E-state index is 0.00195. The molecule has 0 fully saturated rings. The van der Waals surface area contributed by atoms with Crippen molar-refractivity contribution in [2.75, 3.05) is 6.54 Å². The molecule has 140 valence electrons. The average Bonchev–Trinajstić information content (AvgIpc) is 2.99. The van der Waals surface area contributed by atoms with Crippen molar-refractivity contribution in [3.05, 3.63) is 65.7 Å². The third-order valence-electron chi connectivity index (χ3n) is 4.48. The number of ketones is 1. The lowest BCUT2D eigenvalue weighted by molar-refractivity contribution is -0.121. The van der Waals surface area contributed by atoms with Gasteiger partial charge in [-0.1, -0.05) is 24.3 Å². The van der Waals surface area contributed by atoms with Crippen LogP contribution in [0.2, 0.25) is 0 Å². The molecule has 0 unspecified atom stereocenters. The Morgan fingerprint density at radius 1 is 1.07 bits per heavy atom. The van der Waals surface area contributed by atoms with Gasteiger partial charge in [-0.25, -0.2) is 9.37 Å². The number of nitrogens with one attached hydrogen (secondary N) is 1. The van der Waals surface area contributed by atoms with Gasteiger partial charge in [-0.3, -0.25) is 9.59 Å². The third-order valence-corrected chi connectivity index (χ3v) is 4.48. The van der Waals surface area contributed by atoms with Crippen molar-refractivity contribution in [3.63, 3.8) is 0 Å². The molecule has 0 radical (unpaired) electrons. The summed E-state index contributed by atoms with van der Waals surface area (Å²) in [6.45, 7) is 3.23. The summed E-state index contributed by atoms with van der Waals surface area (Å²) < 4.78 is 15.7. The number of nitrogens with zero attached hydrogens (tertiary/aromatic N) is 2. The number of benzene rings is 2. The first-order valence-corrected chi connectivity index (χ1v) is 9.02. The molecule has 1 heterocycles. The molecule has 27 heavy (non-hydrogen) atoms. The van der Waals surface area contributed by atoms with Crippen molar-refractivity contribution in [1.82, 2.24) is 14.9 Å². The second-order valence-corrected chi connectivity index (χ2v) is 6.41. The van der Waals surface area contributed by atoms with Gasteiger partial charge in [0.05, 0.1) is 16.6 Å². The Morgan fingerprint density at radius 3 is 2.63 bits per heavy atom. The van der Waals surface area contributed by atoms with Gasteiger partial charge in [0.15, 0.2) is 5.78 Å². The maximum absolute atomic E-state index is 13.6. The van der Waals surface area contributed by atoms with Crippen LogP contribution in [0.25, 0.3) is 11.0 Å². The van der Waals surface area contributed by atoms with Crippen molar-refractivity contribution in [3.8, 4) is 0 Å². The third kappa shape index (κ3) is 4.58. The second-order valence-electron chi connectivity index (χ2n) is 6.41. The predicted octanol–water partition coefficient (Wildman–Crippen LogP) is 3.65. The molecule has 0 atom stereocenters. The van der Waals surface area contributed by atoms with E-state index in [1.54, 1.807) is 6.07 Å². The Balaban J connectivity index is 1.43. The Hall–Kier alpha value is -3.02. The van der Waals surface area contributed by atoms with Crippen molar-refractivity contribution in [1.29, 1.82) is 0 Å². The van der Waals surface area contributed by atoms with Crippen LogP contribution in [-0.2, 0) is 11.3 Å². The highest BCUT2D eigenvalue weighted by molar-refractivity contribution is 5.98. The van der Waals surface area contributed by atoms with Crippen LogP contribution in [0.4, 0.5) is 4.39 Å². The highest BCUT2D eigenvalue weighted by Gasteiger charge is 2.13. The standard InChI is InChI=1S/C21H22FN3O2/c1-15-24-18-9-4-5-10-19(18)25(15)14-6-13-23-21(27)12-11-20(26)16-7-2-3-8-17(16)22/h2-5,7-10H,6,11-14H2,1H3,(H,23,27). The SMILES string of the molecule is Cc1nc2ccccc2n1CCCNC(=O)CCC(=O)c1ccccc1F. The highest BCUT2D eigenvalue weighted by atomic mass is 19.1. The quantitative estimate of drug-likeness (QED) is 0.488. The molecule has 0 aliphatic rings. The van der Waals surface area contributed by atoms with E-state index in [0.717, 1.165) is 29.8 Å². The Labute approximate surface area is 157 Å². The number of rotatable bonds is 8. The lowest BCUT2D eigenvalue weighted by Gasteiger charge is -2.08. The van der Waals surface area contributed by atoms with Gasteiger partial charge in [0.2, 0.25) is 5.91 Å². The minimum Gasteiger partial charge on any atom is -0.356 e. The van der Waals surface area contributed by atoms with E-state index < -0.39 is 5.82 Å². The molecule has 0 spiro atoms. The van der Waals surface area contributed by atoms with Gasteiger partial charge in [0, 0.05) is 25.9 Å². The van der Waals surface area contributed by atoms with Gasteiger partial charge in [0.1, 0.15) is 11.6 Å². The number of aryl methyl sites for hydroxylation is 2. The second kappa shape index (κ2) is 8.58. The summed E-state index contributed by atoms with van der Waals surface area (Å²) in [6, 6.07) is 13.8. The van der Waals surface area contributed by atoms with Crippen LogP contribution in [0.15, 0.2) is 48.5 Å². The maximum atomic E-state index is 13.6. The molecule has 2 aromatic carbocycles. The van der Waals surface area contributed by atoms with E-state index in [9.17, 15) is 14.0 Å². The van der Waals surface area contributed by atoms with Gasteiger partial charge in [0.25, 0.3) is 0 Å². The number of hydrogen-bond acceptors (Lipinski definition) is 3. The van der Waals surface area contributed by atoms with E-state index in [4.69, 9.17) is 0 Å². The summed E-state index contributed by atoms with van der Waals surface area (Å²) in [5.41, 5.74) is 2.08. The summed E-state index contributed by atoms with van der Waals surface area (Å²) >= 11 is 0. The summed E-state index contributed by atoms with van der Waals surface area (Å²) in [5, 5.41) is 2.82. The minimum atomic E-state index is -0.550. The van der Waals surface area contributed by atoms with E-state index in [1.165, 1.54) is 18.2 Å². The first-order valence-electron chi connectivity index (χ1n) is 9.02. The monoisotopic (exact) mass is 367 g/mol.